The van der Waals surface area contributed by atoms with Gasteiger partial charge in [0.2, 0.25) is 0 Å². The summed E-state index contributed by atoms with van der Waals surface area (Å²) in [4.78, 5) is 8.88. The van der Waals surface area contributed by atoms with Crippen molar-refractivity contribution in [3.8, 4) is 11.3 Å². The number of hydrogen-bond acceptors (Lipinski definition) is 5. The van der Waals surface area contributed by atoms with Crippen molar-refractivity contribution >= 4 is 10.9 Å². The smallest absolute Gasteiger partial charge is 0.0790 e. The second-order valence-corrected chi connectivity index (χ2v) is 5.68. The van der Waals surface area contributed by atoms with Gasteiger partial charge in [0.1, 0.15) is 0 Å². The SMILES string of the molecule is C1COCCN1.CCc1cncc(CO)c2nc3ccccc3c1-2. The van der Waals surface area contributed by atoms with E-state index < -0.39 is 0 Å². The van der Waals surface area contributed by atoms with Gasteiger partial charge in [0, 0.05) is 42.0 Å². The maximum atomic E-state index is 9.46. The number of ether oxygens (including phenoxy) is 1. The number of aliphatic hydroxyl groups excluding tert-OH is 1. The monoisotopic (exact) mass is 325 g/mol. The standard InChI is InChI=1S/C15H14N2O.C4H9NO/c1-2-10-7-16-8-11(9-18)15-14(10)12-5-3-4-6-13(12)17-15;1-3-6-4-2-5-1/h3-8,18H,2,9H2,1H3;5H,1-4H2. The topological polar surface area (TPSA) is 67.3 Å². The van der Waals surface area contributed by atoms with Crippen LogP contribution in [0.15, 0.2) is 36.7 Å². The Kier molecular flexibility index (Phi) is 5.69. The second kappa shape index (κ2) is 8.15. The van der Waals surface area contributed by atoms with Crippen molar-refractivity contribution in [2.75, 3.05) is 26.3 Å². The lowest BCUT2D eigenvalue weighted by Crippen LogP contribution is -2.30. The number of hydrogen-bond donors (Lipinski definition) is 2. The van der Waals surface area contributed by atoms with Crippen molar-refractivity contribution in [3.63, 3.8) is 0 Å². The van der Waals surface area contributed by atoms with E-state index in [1.807, 2.05) is 24.4 Å². The number of aliphatic hydroxyl groups is 1. The van der Waals surface area contributed by atoms with Crippen molar-refractivity contribution in [2.24, 2.45) is 0 Å². The maximum absolute atomic E-state index is 9.46. The molecule has 126 valence electrons. The van der Waals surface area contributed by atoms with E-state index in [4.69, 9.17) is 4.74 Å². The van der Waals surface area contributed by atoms with E-state index in [1.165, 1.54) is 5.56 Å². The highest BCUT2D eigenvalue weighted by Gasteiger charge is 2.17. The summed E-state index contributed by atoms with van der Waals surface area (Å²) in [5, 5.41) is 13.8. The number of fused-ring (bicyclic) bond motifs is 3. The zero-order valence-electron chi connectivity index (χ0n) is 14.0. The van der Waals surface area contributed by atoms with Gasteiger partial charge in [0.05, 0.1) is 31.0 Å². The summed E-state index contributed by atoms with van der Waals surface area (Å²) in [7, 11) is 0. The first-order chi connectivity index (χ1) is 11.8. The second-order valence-electron chi connectivity index (χ2n) is 5.68. The van der Waals surface area contributed by atoms with Crippen molar-refractivity contribution < 1.29 is 9.84 Å². The Hall–Kier alpha value is -2.08. The number of nitrogens with zero attached hydrogens (tertiary/aromatic N) is 2. The van der Waals surface area contributed by atoms with Crippen LogP contribution in [0.3, 0.4) is 0 Å². The number of benzene rings is 1. The summed E-state index contributed by atoms with van der Waals surface area (Å²) >= 11 is 0. The van der Waals surface area contributed by atoms with Gasteiger partial charge in [-0.15, -0.1) is 0 Å². The van der Waals surface area contributed by atoms with E-state index in [-0.39, 0.29) is 6.61 Å². The minimum absolute atomic E-state index is 0.0370. The average Bonchev–Trinajstić information content (AvgIpc) is 2.94. The molecule has 1 aromatic rings. The quantitative estimate of drug-likeness (QED) is 0.757. The molecule has 1 aromatic carbocycles. The largest absolute Gasteiger partial charge is 0.392 e. The molecule has 24 heavy (non-hydrogen) atoms. The van der Waals surface area contributed by atoms with Crippen LogP contribution < -0.4 is 5.32 Å². The number of nitrogens with one attached hydrogen (secondary N) is 1. The fraction of sp³-hybridized carbons (Fsp3) is 0.368. The van der Waals surface area contributed by atoms with Crippen LogP contribution in [-0.4, -0.2) is 41.4 Å². The molecule has 1 saturated heterocycles. The molecule has 0 radical (unpaired) electrons. The molecule has 3 heterocycles. The fourth-order valence-electron chi connectivity index (χ4n) is 2.89. The van der Waals surface area contributed by atoms with Crippen molar-refractivity contribution in [1.29, 1.82) is 0 Å². The van der Waals surface area contributed by atoms with Crippen LogP contribution >= 0.6 is 0 Å². The molecule has 0 aromatic heterocycles. The van der Waals surface area contributed by atoms with Crippen LogP contribution in [0.25, 0.3) is 22.2 Å². The van der Waals surface area contributed by atoms with Gasteiger partial charge in [0.15, 0.2) is 0 Å². The van der Waals surface area contributed by atoms with Gasteiger partial charge in [-0.25, -0.2) is 4.98 Å². The third-order valence-corrected chi connectivity index (χ3v) is 4.13. The first-order valence-corrected chi connectivity index (χ1v) is 8.38. The average molecular weight is 325 g/mol. The zero-order valence-corrected chi connectivity index (χ0v) is 14.0. The van der Waals surface area contributed by atoms with Gasteiger partial charge in [-0.3, -0.25) is 4.98 Å². The van der Waals surface area contributed by atoms with Crippen LogP contribution in [0.4, 0.5) is 0 Å². The Labute approximate surface area is 142 Å². The summed E-state index contributed by atoms with van der Waals surface area (Å²) in [6.07, 6.45) is 4.47. The summed E-state index contributed by atoms with van der Waals surface area (Å²) in [5.74, 6) is 0. The number of rotatable bonds is 2. The van der Waals surface area contributed by atoms with E-state index >= 15 is 0 Å². The Bertz CT molecular complexity index is 760. The Morgan fingerprint density at radius 3 is 2.50 bits per heavy atom. The van der Waals surface area contributed by atoms with Gasteiger partial charge in [-0.2, -0.15) is 0 Å². The van der Waals surface area contributed by atoms with Crippen LogP contribution in [0.2, 0.25) is 0 Å². The minimum Gasteiger partial charge on any atom is -0.392 e. The lowest BCUT2D eigenvalue weighted by atomic mass is 10.0. The molecule has 0 aliphatic carbocycles. The van der Waals surface area contributed by atoms with Gasteiger partial charge < -0.3 is 15.2 Å². The summed E-state index contributed by atoms with van der Waals surface area (Å²) in [5.41, 5.74) is 4.91. The molecule has 0 atom stereocenters. The Morgan fingerprint density at radius 2 is 1.88 bits per heavy atom. The van der Waals surface area contributed by atoms with Gasteiger partial charge >= 0.3 is 0 Å². The third kappa shape index (κ3) is 3.53. The molecular weight excluding hydrogens is 302 g/mol. The number of para-hydroxylation sites is 1. The number of morpholine rings is 1. The van der Waals surface area contributed by atoms with Gasteiger partial charge in [-0.1, -0.05) is 25.1 Å². The lowest BCUT2D eigenvalue weighted by molar-refractivity contribution is 0.109. The summed E-state index contributed by atoms with van der Waals surface area (Å²) < 4.78 is 5.01. The summed E-state index contributed by atoms with van der Waals surface area (Å²) in [6.45, 7) is 5.90. The van der Waals surface area contributed by atoms with Crippen LogP contribution in [-0.2, 0) is 17.8 Å². The van der Waals surface area contributed by atoms with Crippen LogP contribution in [0.5, 0.6) is 0 Å². The van der Waals surface area contributed by atoms with Crippen LogP contribution in [0, 0.1) is 0 Å². The molecule has 3 aliphatic heterocycles. The molecule has 0 bridgehead atoms. The first kappa shape index (κ1) is 16.8. The molecule has 0 saturated carbocycles. The molecule has 1 fully saturated rings. The Morgan fingerprint density at radius 1 is 1.12 bits per heavy atom. The molecule has 3 aliphatic rings. The highest BCUT2D eigenvalue weighted by Crippen LogP contribution is 2.35. The van der Waals surface area contributed by atoms with Gasteiger partial charge in [0.25, 0.3) is 0 Å². The predicted molar refractivity (Wildman–Crippen MR) is 95.1 cm³/mol. The van der Waals surface area contributed by atoms with E-state index in [0.29, 0.717) is 0 Å². The van der Waals surface area contributed by atoms with Crippen molar-refractivity contribution in [2.45, 2.75) is 20.0 Å². The van der Waals surface area contributed by atoms with E-state index in [2.05, 4.69) is 28.3 Å². The van der Waals surface area contributed by atoms with Crippen molar-refractivity contribution in [1.82, 2.24) is 15.3 Å². The fourth-order valence-corrected chi connectivity index (χ4v) is 2.89. The molecule has 0 spiro atoms. The van der Waals surface area contributed by atoms with Gasteiger partial charge in [-0.05, 0) is 18.1 Å². The number of aromatic nitrogens is 2. The molecule has 5 heteroatoms. The molecular formula is C19H23N3O2. The zero-order chi connectivity index (χ0) is 16.8. The molecule has 0 amide bonds. The van der Waals surface area contributed by atoms with Crippen molar-refractivity contribution in [3.05, 3.63) is 47.8 Å². The number of aryl methyl sites for hydroxylation is 1. The highest BCUT2D eigenvalue weighted by atomic mass is 16.5. The first-order valence-electron chi connectivity index (χ1n) is 8.38. The lowest BCUT2D eigenvalue weighted by Gasteiger charge is -2.10. The third-order valence-electron chi connectivity index (χ3n) is 4.13. The highest BCUT2D eigenvalue weighted by molar-refractivity contribution is 5.99. The molecule has 0 unspecified atom stereocenters. The normalized spacial score (nSPS) is 14.4. The predicted octanol–water partition coefficient (Wildman–Crippen LogP) is 2.40. The van der Waals surface area contributed by atoms with E-state index in [1.54, 1.807) is 6.20 Å². The maximum Gasteiger partial charge on any atom is 0.0790 e. The Balaban J connectivity index is 0.000000238. The summed E-state index contributed by atoms with van der Waals surface area (Å²) in [6, 6.07) is 8.08. The molecule has 4 rings (SSSR count). The van der Waals surface area contributed by atoms with Crippen LogP contribution in [0.1, 0.15) is 18.1 Å². The van der Waals surface area contributed by atoms with E-state index in [9.17, 15) is 5.11 Å². The van der Waals surface area contributed by atoms with E-state index in [0.717, 1.165) is 60.4 Å². The minimum atomic E-state index is -0.0370. The molecule has 2 N–H and O–H groups in total. The molecule has 5 nitrogen and oxygen atoms in total.